The molecule has 4 heteroatoms. The zero-order valence-corrected chi connectivity index (χ0v) is 14.6. The van der Waals surface area contributed by atoms with Crippen molar-refractivity contribution in [3.05, 3.63) is 60.7 Å². The molecule has 0 unspecified atom stereocenters. The lowest BCUT2D eigenvalue weighted by molar-refractivity contribution is -0.132. The molecule has 0 N–H and O–H groups in total. The molecule has 0 saturated carbocycles. The van der Waals surface area contributed by atoms with Gasteiger partial charge in [-0.3, -0.25) is 4.79 Å². The van der Waals surface area contributed by atoms with Crippen molar-refractivity contribution in [1.82, 2.24) is 9.88 Å². The van der Waals surface area contributed by atoms with Crippen LogP contribution in [0.25, 0.3) is 22.2 Å². The Labute approximate surface area is 148 Å². The summed E-state index contributed by atoms with van der Waals surface area (Å²) in [6, 6.07) is 19.7. The van der Waals surface area contributed by atoms with Crippen LogP contribution in [0, 0.1) is 0 Å². The van der Waals surface area contributed by atoms with Crippen molar-refractivity contribution in [2.45, 2.75) is 13.8 Å². The van der Waals surface area contributed by atoms with Crippen LogP contribution in [0.4, 0.5) is 0 Å². The molecule has 0 atom stereocenters. The maximum absolute atomic E-state index is 12.3. The van der Waals surface area contributed by atoms with Gasteiger partial charge in [0.05, 0.1) is 11.2 Å². The fourth-order valence-corrected chi connectivity index (χ4v) is 2.83. The molecule has 0 aliphatic heterocycles. The Bertz CT molecular complexity index is 858. The Hall–Kier alpha value is -2.88. The Kier molecular flexibility index (Phi) is 5.29. The number of aromatic nitrogens is 1. The summed E-state index contributed by atoms with van der Waals surface area (Å²) in [7, 11) is 0. The van der Waals surface area contributed by atoms with Crippen LogP contribution in [0.3, 0.4) is 0 Å². The van der Waals surface area contributed by atoms with Gasteiger partial charge in [0, 0.05) is 30.1 Å². The molecule has 3 aromatic rings. The van der Waals surface area contributed by atoms with E-state index in [-0.39, 0.29) is 12.5 Å². The summed E-state index contributed by atoms with van der Waals surface area (Å²) in [5, 5.41) is 0.912. The van der Waals surface area contributed by atoms with Crippen molar-refractivity contribution >= 4 is 16.8 Å². The van der Waals surface area contributed by atoms with E-state index in [9.17, 15) is 4.79 Å². The number of nitrogens with zero attached hydrogens (tertiary/aromatic N) is 2. The average Bonchev–Trinajstić information content (AvgIpc) is 2.67. The Morgan fingerprint density at radius 3 is 2.40 bits per heavy atom. The number of carbonyl (C=O) groups is 1. The fourth-order valence-electron chi connectivity index (χ4n) is 2.83. The van der Waals surface area contributed by atoms with Gasteiger partial charge in [-0.25, -0.2) is 4.98 Å². The predicted molar refractivity (Wildman–Crippen MR) is 101 cm³/mol. The smallest absolute Gasteiger partial charge is 0.260 e. The van der Waals surface area contributed by atoms with E-state index in [1.165, 1.54) is 0 Å². The number of likely N-dealkylation sites (N-methyl/N-ethyl adjacent to an activating group) is 1. The lowest BCUT2D eigenvalue weighted by Gasteiger charge is -2.19. The van der Waals surface area contributed by atoms with E-state index < -0.39 is 0 Å². The molecular formula is C21H22N2O2. The third-order valence-electron chi connectivity index (χ3n) is 4.22. The number of pyridine rings is 1. The van der Waals surface area contributed by atoms with E-state index in [0.717, 1.165) is 22.2 Å². The number of amides is 1. The molecule has 0 spiro atoms. The molecule has 1 heterocycles. The predicted octanol–water partition coefficient (Wildman–Crippen LogP) is 4.15. The summed E-state index contributed by atoms with van der Waals surface area (Å²) in [6.07, 6.45) is 0. The van der Waals surface area contributed by atoms with E-state index in [1.807, 2.05) is 74.5 Å². The molecule has 0 radical (unpaired) electrons. The van der Waals surface area contributed by atoms with Gasteiger partial charge in [-0.1, -0.05) is 42.5 Å². The lowest BCUT2D eigenvalue weighted by atomic mass is 10.1. The third-order valence-corrected chi connectivity index (χ3v) is 4.22. The van der Waals surface area contributed by atoms with Crippen molar-refractivity contribution in [1.29, 1.82) is 0 Å². The minimum Gasteiger partial charge on any atom is -0.483 e. The number of ether oxygens (including phenoxy) is 1. The lowest BCUT2D eigenvalue weighted by Crippen LogP contribution is -2.34. The van der Waals surface area contributed by atoms with Crippen molar-refractivity contribution in [3.63, 3.8) is 0 Å². The van der Waals surface area contributed by atoms with Gasteiger partial charge in [0.2, 0.25) is 0 Å². The first-order valence-electron chi connectivity index (χ1n) is 8.58. The molecule has 4 nitrogen and oxygen atoms in total. The molecule has 0 aliphatic carbocycles. The second-order valence-electron chi connectivity index (χ2n) is 5.74. The minimum absolute atomic E-state index is 0.00726. The largest absolute Gasteiger partial charge is 0.483 e. The highest BCUT2D eigenvalue weighted by Crippen LogP contribution is 2.29. The maximum atomic E-state index is 12.3. The number of benzene rings is 2. The van der Waals surface area contributed by atoms with Gasteiger partial charge in [0.1, 0.15) is 5.75 Å². The number of para-hydroxylation sites is 1. The monoisotopic (exact) mass is 334 g/mol. The molecule has 2 aromatic carbocycles. The van der Waals surface area contributed by atoms with Gasteiger partial charge >= 0.3 is 0 Å². The molecule has 1 amide bonds. The van der Waals surface area contributed by atoms with Crippen LogP contribution in [0.1, 0.15) is 13.8 Å². The van der Waals surface area contributed by atoms with Crippen LogP contribution in [0.5, 0.6) is 5.75 Å². The van der Waals surface area contributed by atoms with E-state index in [1.54, 1.807) is 4.90 Å². The summed E-state index contributed by atoms with van der Waals surface area (Å²) >= 11 is 0. The number of hydrogen-bond acceptors (Lipinski definition) is 3. The van der Waals surface area contributed by atoms with Gasteiger partial charge < -0.3 is 9.64 Å². The van der Waals surface area contributed by atoms with Gasteiger partial charge in [-0.15, -0.1) is 0 Å². The standard InChI is InChI=1S/C21H22N2O2/c1-3-23(4-2)21(24)15-25-20-14-19(16-10-6-5-7-11-16)22-18-13-9-8-12-17(18)20/h5-14H,3-4,15H2,1-2H3. The molecule has 1 aromatic heterocycles. The molecule has 128 valence electrons. The Morgan fingerprint density at radius 2 is 1.68 bits per heavy atom. The van der Waals surface area contributed by atoms with Gasteiger partial charge in [-0.2, -0.15) is 0 Å². The normalized spacial score (nSPS) is 10.6. The van der Waals surface area contributed by atoms with Crippen LogP contribution in [-0.4, -0.2) is 35.5 Å². The first-order chi connectivity index (χ1) is 12.2. The highest BCUT2D eigenvalue weighted by atomic mass is 16.5. The number of fused-ring (bicyclic) bond motifs is 1. The van der Waals surface area contributed by atoms with Crippen LogP contribution in [0.2, 0.25) is 0 Å². The Balaban J connectivity index is 1.94. The molecule has 3 rings (SSSR count). The summed E-state index contributed by atoms with van der Waals surface area (Å²) in [4.78, 5) is 18.7. The summed E-state index contributed by atoms with van der Waals surface area (Å²) < 4.78 is 5.90. The van der Waals surface area contributed by atoms with E-state index >= 15 is 0 Å². The first-order valence-corrected chi connectivity index (χ1v) is 8.58. The van der Waals surface area contributed by atoms with E-state index in [2.05, 4.69) is 0 Å². The number of hydrogen-bond donors (Lipinski definition) is 0. The second-order valence-corrected chi connectivity index (χ2v) is 5.74. The van der Waals surface area contributed by atoms with Gasteiger partial charge in [-0.05, 0) is 26.0 Å². The highest BCUT2D eigenvalue weighted by Gasteiger charge is 2.13. The topological polar surface area (TPSA) is 42.4 Å². The van der Waals surface area contributed by atoms with Crippen molar-refractivity contribution in [2.75, 3.05) is 19.7 Å². The van der Waals surface area contributed by atoms with Gasteiger partial charge in [0.25, 0.3) is 5.91 Å². The van der Waals surface area contributed by atoms with Crippen molar-refractivity contribution in [2.24, 2.45) is 0 Å². The first kappa shape index (κ1) is 17.0. The molecule has 25 heavy (non-hydrogen) atoms. The van der Waals surface area contributed by atoms with Crippen LogP contribution < -0.4 is 4.74 Å². The van der Waals surface area contributed by atoms with E-state index in [4.69, 9.17) is 9.72 Å². The van der Waals surface area contributed by atoms with Crippen LogP contribution in [-0.2, 0) is 4.79 Å². The number of rotatable bonds is 6. The summed E-state index contributed by atoms with van der Waals surface area (Å²) in [6.45, 7) is 5.34. The van der Waals surface area contributed by atoms with Gasteiger partial charge in [0.15, 0.2) is 6.61 Å². The zero-order chi connectivity index (χ0) is 17.6. The van der Waals surface area contributed by atoms with Crippen LogP contribution in [0.15, 0.2) is 60.7 Å². The molecule has 0 bridgehead atoms. The third kappa shape index (κ3) is 3.79. The quantitative estimate of drug-likeness (QED) is 0.680. The number of carbonyl (C=O) groups excluding carboxylic acids is 1. The van der Waals surface area contributed by atoms with E-state index in [0.29, 0.717) is 18.8 Å². The average molecular weight is 334 g/mol. The Morgan fingerprint density at radius 1 is 1.00 bits per heavy atom. The fraction of sp³-hybridized carbons (Fsp3) is 0.238. The maximum Gasteiger partial charge on any atom is 0.260 e. The molecule has 0 aliphatic rings. The molecule has 0 fully saturated rings. The second kappa shape index (κ2) is 7.79. The minimum atomic E-state index is -0.00726. The van der Waals surface area contributed by atoms with Crippen molar-refractivity contribution < 1.29 is 9.53 Å². The molecular weight excluding hydrogens is 312 g/mol. The molecule has 0 saturated heterocycles. The van der Waals surface area contributed by atoms with Crippen LogP contribution >= 0.6 is 0 Å². The summed E-state index contributed by atoms with van der Waals surface area (Å²) in [5.41, 5.74) is 2.71. The SMILES string of the molecule is CCN(CC)C(=O)COc1cc(-c2ccccc2)nc2ccccc12. The highest BCUT2D eigenvalue weighted by molar-refractivity contribution is 5.88. The van der Waals surface area contributed by atoms with Crippen molar-refractivity contribution in [3.8, 4) is 17.0 Å². The summed E-state index contributed by atoms with van der Waals surface area (Å²) in [5.74, 6) is 0.678. The zero-order valence-electron chi connectivity index (χ0n) is 14.6.